The van der Waals surface area contributed by atoms with Crippen LogP contribution in [-0.4, -0.2) is 37.3 Å². The first kappa shape index (κ1) is 13.4. The van der Waals surface area contributed by atoms with E-state index in [1.54, 1.807) is 20.3 Å². The van der Waals surface area contributed by atoms with Crippen molar-refractivity contribution in [3.8, 4) is 11.5 Å². The summed E-state index contributed by atoms with van der Waals surface area (Å²) in [4.78, 5) is 12.4. The number of fused-ring (bicyclic) bond motifs is 1. The molecule has 1 fully saturated rings. The van der Waals surface area contributed by atoms with E-state index in [-0.39, 0.29) is 11.6 Å². The summed E-state index contributed by atoms with van der Waals surface area (Å²) in [6.07, 6.45) is 1.86. The van der Waals surface area contributed by atoms with Gasteiger partial charge in [0.25, 0.3) is 5.91 Å². The predicted octanol–water partition coefficient (Wildman–Crippen LogP) is 2.08. The average Bonchev–Trinajstić information content (AvgIpc) is 2.46. The molecule has 3 rings (SSSR count). The van der Waals surface area contributed by atoms with Crippen LogP contribution in [-0.2, 0) is 0 Å². The van der Waals surface area contributed by atoms with Gasteiger partial charge in [-0.15, -0.1) is 0 Å². The molecular formula is C14H18N2O3S. The van der Waals surface area contributed by atoms with E-state index in [0.29, 0.717) is 17.1 Å². The zero-order valence-electron chi connectivity index (χ0n) is 11.6. The fourth-order valence-corrected chi connectivity index (χ4v) is 3.90. The van der Waals surface area contributed by atoms with E-state index in [9.17, 15) is 4.79 Å². The van der Waals surface area contributed by atoms with Gasteiger partial charge in [0, 0.05) is 6.07 Å². The van der Waals surface area contributed by atoms with Crippen LogP contribution in [0, 0.1) is 0 Å². The Labute approximate surface area is 122 Å². The molecule has 0 atom stereocenters. The van der Waals surface area contributed by atoms with Crippen molar-refractivity contribution >= 4 is 23.4 Å². The van der Waals surface area contributed by atoms with Gasteiger partial charge in [-0.3, -0.25) is 4.79 Å². The summed E-state index contributed by atoms with van der Waals surface area (Å²) in [5, 5.41) is 6.60. The molecule has 1 aromatic rings. The molecule has 1 aromatic carbocycles. The van der Waals surface area contributed by atoms with Crippen LogP contribution in [0.2, 0.25) is 0 Å². The molecule has 20 heavy (non-hydrogen) atoms. The van der Waals surface area contributed by atoms with Crippen molar-refractivity contribution in [1.82, 2.24) is 5.32 Å². The van der Waals surface area contributed by atoms with E-state index in [4.69, 9.17) is 9.47 Å². The third-order valence-electron chi connectivity index (χ3n) is 3.84. The number of anilines is 1. The topological polar surface area (TPSA) is 59.6 Å². The Hall–Kier alpha value is -1.56. The summed E-state index contributed by atoms with van der Waals surface area (Å²) in [5.41, 5.74) is 1.11. The number of thioether (sulfide) groups is 1. The fourth-order valence-electron chi connectivity index (χ4n) is 2.71. The molecule has 0 saturated carbocycles. The first-order chi connectivity index (χ1) is 9.67. The van der Waals surface area contributed by atoms with Crippen LogP contribution in [0.5, 0.6) is 11.5 Å². The summed E-state index contributed by atoms with van der Waals surface area (Å²) >= 11 is 1.92. The number of carbonyl (C=O) groups is 1. The van der Waals surface area contributed by atoms with E-state index in [0.717, 1.165) is 30.0 Å². The van der Waals surface area contributed by atoms with E-state index >= 15 is 0 Å². The molecular weight excluding hydrogens is 276 g/mol. The number of amides is 1. The maximum Gasteiger partial charge on any atom is 0.255 e. The Kier molecular flexibility index (Phi) is 3.41. The highest BCUT2D eigenvalue weighted by atomic mass is 32.2. The quantitative estimate of drug-likeness (QED) is 0.874. The highest BCUT2D eigenvalue weighted by Gasteiger charge is 2.39. The summed E-state index contributed by atoms with van der Waals surface area (Å²) in [6.45, 7) is 0. The van der Waals surface area contributed by atoms with Gasteiger partial charge in [-0.1, -0.05) is 0 Å². The van der Waals surface area contributed by atoms with Gasteiger partial charge < -0.3 is 20.1 Å². The molecule has 2 heterocycles. The molecule has 2 N–H and O–H groups in total. The number of hydrogen-bond acceptors (Lipinski definition) is 5. The van der Waals surface area contributed by atoms with Crippen LogP contribution in [0.25, 0.3) is 0 Å². The first-order valence-electron chi connectivity index (χ1n) is 6.62. The lowest BCUT2D eigenvalue weighted by Gasteiger charge is -2.43. The molecule has 2 aliphatic rings. The molecule has 2 aliphatic heterocycles. The van der Waals surface area contributed by atoms with E-state index < -0.39 is 0 Å². The van der Waals surface area contributed by atoms with Crippen molar-refractivity contribution in [2.75, 3.05) is 31.0 Å². The van der Waals surface area contributed by atoms with Gasteiger partial charge >= 0.3 is 0 Å². The van der Waals surface area contributed by atoms with Crippen LogP contribution in [0.15, 0.2) is 12.1 Å². The van der Waals surface area contributed by atoms with Crippen molar-refractivity contribution < 1.29 is 14.3 Å². The SMILES string of the molecule is COc1cc2c(cc1OC)C(=O)NC1(CCSCC1)N2. The number of methoxy groups -OCH3 is 2. The van der Waals surface area contributed by atoms with Gasteiger partial charge in [0.2, 0.25) is 0 Å². The highest BCUT2D eigenvalue weighted by molar-refractivity contribution is 7.99. The molecule has 0 radical (unpaired) electrons. The zero-order chi connectivity index (χ0) is 14.2. The number of ether oxygens (including phenoxy) is 2. The van der Waals surface area contributed by atoms with Crippen molar-refractivity contribution in [2.24, 2.45) is 0 Å². The number of carbonyl (C=O) groups excluding carboxylic acids is 1. The van der Waals surface area contributed by atoms with Gasteiger partial charge in [0.15, 0.2) is 11.5 Å². The van der Waals surface area contributed by atoms with Crippen molar-refractivity contribution in [2.45, 2.75) is 18.5 Å². The molecule has 1 saturated heterocycles. The van der Waals surface area contributed by atoms with E-state index in [1.807, 2.05) is 17.8 Å². The molecule has 0 aliphatic carbocycles. The summed E-state index contributed by atoms with van der Waals surface area (Å²) in [5.74, 6) is 3.25. The first-order valence-corrected chi connectivity index (χ1v) is 7.77. The summed E-state index contributed by atoms with van der Waals surface area (Å²) in [6, 6.07) is 3.57. The Morgan fingerprint density at radius 3 is 2.40 bits per heavy atom. The molecule has 0 aromatic heterocycles. The summed E-state index contributed by atoms with van der Waals surface area (Å²) in [7, 11) is 3.17. The third-order valence-corrected chi connectivity index (χ3v) is 4.83. The van der Waals surface area contributed by atoms with Crippen LogP contribution in [0.4, 0.5) is 5.69 Å². The van der Waals surface area contributed by atoms with Gasteiger partial charge in [-0.2, -0.15) is 11.8 Å². The average molecular weight is 294 g/mol. The summed E-state index contributed by atoms with van der Waals surface area (Å²) < 4.78 is 10.6. The minimum atomic E-state index is -0.311. The third kappa shape index (κ3) is 2.18. The van der Waals surface area contributed by atoms with Crippen molar-refractivity contribution in [3.63, 3.8) is 0 Å². The minimum absolute atomic E-state index is 0.0494. The predicted molar refractivity (Wildman–Crippen MR) is 79.9 cm³/mol. The molecule has 6 heteroatoms. The maximum atomic E-state index is 12.4. The van der Waals surface area contributed by atoms with E-state index in [2.05, 4.69) is 10.6 Å². The monoisotopic (exact) mass is 294 g/mol. The molecule has 108 valence electrons. The molecule has 1 spiro atoms. The molecule has 5 nitrogen and oxygen atoms in total. The number of hydrogen-bond donors (Lipinski definition) is 2. The van der Waals surface area contributed by atoms with Crippen LogP contribution in [0.1, 0.15) is 23.2 Å². The van der Waals surface area contributed by atoms with E-state index in [1.165, 1.54) is 0 Å². The van der Waals surface area contributed by atoms with Crippen LogP contribution >= 0.6 is 11.8 Å². The fraction of sp³-hybridized carbons (Fsp3) is 0.500. The minimum Gasteiger partial charge on any atom is -0.493 e. The van der Waals surface area contributed by atoms with Crippen molar-refractivity contribution in [1.29, 1.82) is 0 Å². The largest absolute Gasteiger partial charge is 0.493 e. The van der Waals surface area contributed by atoms with Crippen molar-refractivity contribution in [3.05, 3.63) is 17.7 Å². The lowest BCUT2D eigenvalue weighted by atomic mass is 9.96. The van der Waals surface area contributed by atoms with Gasteiger partial charge in [-0.05, 0) is 30.4 Å². The van der Waals surface area contributed by atoms with Gasteiger partial charge in [0.05, 0.1) is 25.5 Å². The maximum absolute atomic E-state index is 12.4. The zero-order valence-corrected chi connectivity index (χ0v) is 12.4. The second kappa shape index (κ2) is 5.09. The lowest BCUT2D eigenvalue weighted by Crippen LogP contribution is -2.59. The number of nitrogens with one attached hydrogen (secondary N) is 2. The highest BCUT2D eigenvalue weighted by Crippen LogP contribution is 2.39. The molecule has 0 bridgehead atoms. The Morgan fingerprint density at radius 2 is 1.75 bits per heavy atom. The second-order valence-corrected chi connectivity index (χ2v) is 6.25. The smallest absolute Gasteiger partial charge is 0.255 e. The normalized spacial score (nSPS) is 19.8. The Morgan fingerprint density at radius 1 is 1.10 bits per heavy atom. The number of benzene rings is 1. The Balaban J connectivity index is 2.00. The van der Waals surface area contributed by atoms with Gasteiger partial charge in [-0.25, -0.2) is 0 Å². The molecule has 1 amide bonds. The van der Waals surface area contributed by atoms with Crippen LogP contribution in [0.3, 0.4) is 0 Å². The Bertz CT molecular complexity index is 541. The number of rotatable bonds is 2. The standard InChI is InChI=1S/C14H18N2O3S/c1-18-11-7-9-10(8-12(11)19-2)15-14(16-13(9)17)3-5-20-6-4-14/h7-8,15H,3-6H2,1-2H3,(H,16,17). The lowest BCUT2D eigenvalue weighted by molar-refractivity contribution is 0.0894. The van der Waals surface area contributed by atoms with Crippen LogP contribution < -0.4 is 20.1 Å². The molecule has 0 unspecified atom stereocenters. The van der Waals surface area contributed by atoms with Gasteiger partial charge in [0.1, 0.15) is 5.66 Å². The second-order valence-electron chi connectivity index (χ2n) is 5.03.